The van der Waals surface area contributed by atoms with Gasteiger partial charge in [-0.25, -0.2) is 4.98 Å². The standard InChI is InChI=1S/C17H21N3O2S2/c1-4-20(5-2)16(22)13-7-6-8-14(9-13)19-15(21)11-24-17-18-12(3)10-23-17/h6-10H,4-5,11H2,1-3H3,(H,19,21). The van der Waals surface area contributed by atoms with Gasteiger partial charge in [0.2, 0.25) is 5.91 Å². The second-order valence-corrected chi connectivity index (χ2v) is 7.23. The van der Waals surface area contributed by atoms with Crippen LogP contribution in [0.2, 0.25) is 0 Å². The number of nitrogens with zero attached hydrogens (tertiary/aromatic N) is 2. The lowest BCUT2D eigenvalue weighted by atomic mass is 10.1. The van der Waals surface area contributed by atoms with Gasteiger partial charge in [0.15, 0.2) is 4.34 Å². The minimum absolute atomic E-state index is 0.0243. The van der Waals surface area contributed by atoms with Gasteiger partial charge in [0, 0.05) is 35.4 Å². The molecule has 0 saturated heterocycles. The molecule has 1 aromatic carbocycles. The molecule has 0 radical (unpaired) electrons. The molecule has 5 nitrogen and oxygen atoms in total. The van der Waals surface area contributed by atoms with Crippen LogP contribution in [-0.2, 0) is 4.79 Å². The number of anilines is 1. The number of hydrogen-bond donors (Lipinski definition) is 1. The fraction of sp³-hybridized carbons (Fsp3) is 0.353. The molecule has 2 rings (SSSR count). The van der Waals surface area contributed by atoms with Crippen LogP contribution in [0.1, 0.15) is 29.9 Å². The molecule has 0 fully saturated rings. The molecule has 0 unspecified atom stereocenters. The van der Waals surface area contributed by atoms with E-state index in [0.717, 1.165) is 10.0 Å². The molecule has 7 heteroatoms. The molecule has 24 heavy (non-hydrogen) atoms. The molecule has 1 aromatic heterocycles. The third kappa shape index (κ3) is 5.07. The molecular formula is C17H21N3O2S2. The summed E-state index contributed by atoms with van der Waals surface area (Å²) in [6.45, 7) is 7.15. The van der Waals surface area contributed by atoms with Crippen LogP contribution in [0.4, 0.5) is 5.69 Å². The van der Waals surface area contributed by atoms with Crippen molar-refractivity contribution in [1.29, 1.82) is 0 Å². The lowest BCUT2D eigenvalue weighted by Gasteiger charge is -2.19. The summed E-state index contributed by atoms with van der Waals surface area (Å²) in [7, 11) is 0. The third-order valence-electron chi connectivity index (χ3n) is 3.37. The van der Waals surface area contributed by atoms with Gasteiger partial charge in [-0.15, -0.1) is 11.3 Å². The molecule has 0 aliphatic rings. The van der Waals surface area contributed by atoms with Gasteiger partial charge >= 0.3 is 0 Å². The van der Waals surface area contributed by atoms with Gasteiger partial charge in [0.1, 0.15) is 0 Å². The maximum Gasteiger partial charge on any atom is 0.253 e. The fourth-order valence-electron chi connectivity index (χ4n) is 2.15. The highest BCUT2D eigenvalue weighted by molar-refractivity contribution is 8.01. The molecule has 128 valence electrons. The normalized spacial score (nSPS) is 10.5. The van der Waals surface area contributed by atoms with E-state index in [1.54, 1.807) is 29.2 Å². The third-order valence-corrected chi connectivity index (χ3v) is 5.51. The molecule has 0 bridgehead atoms. The largest absolute Gasteiger partial charge is 0.339 e. The van der Waals surface area contributed by atoms with Crippen molar-refractivity contribution in [1.82, 2.24) is 9.88 Å². The van der Waals surface area contributed by atoms with Crippen LogP contribution in [0, 0.1) is 6.92 Å². The first-order chi connectivity index (χ1) is 11.5. The summed E-state index contributed by atoms with van der Waals surface area (Å²) in [6, 6.07) is 7.05. The van der Waals surface area contributed by atoms with Crippen LogP contribution in [0.15, 0.2) is 34.0 Å². The highest BCUT2D eigenvalue weighted by Gasteiger charge is 2.13. The van der Waals surface area contributed by atoms with Crippen molar-refractivity contribution in [3.8, 4) is 0 Å². The van der Waals surface area contributed by atoms with Crippen LogP contribution in [0.3, 0.4) is 0 Å². The zero-order valence-corrected chi connectivity index (χ0v) is 15.7. The highest BCUT2D eigenvalue weighted by atomic mass is 32.2. The Morgan fingerprint density at radius 1 is 1.29 bits per heavy atom. The molecule has 0 atom stereocenters. The van der Waals surface area contributed by atoms with Gasteiger partial charge in [-0.2, -0.15) is 0 Å². The number of nitrogens with one attached hydrogen (secondary N) is 1. The fourth-order valence-corrected chi connectivity index (χ4v) is 3.80. The number of rotatable bonds is 7. The average Bonchev–Trinajstić information content (AvgIpc) is 3.00. The van der Waals surface area contributed by atoms with E-state index < -0.39 is 0 Å². The van der Waals surface area contributed by atoms with Gasteiger partial charge in [-0.05, 0) is 39.0 Å². The Balaban J connectivity index is 1.95. The maximum absolute atomic E-state index is 12.4. The summed E-state index contributed by atoms with van der Waals surface area (Å²) < 4.78 is 0.883. The van der Waals surface area contributed by atoms with Crippen molar-refractivity contribution in [2.75, 3.05) is 24.2 Å². The van der Waals surface area contributed by atoms with E-state index in [2.05, 4.69) is 10.3 Å². The van der Waals surface area contributed by atoms with Gasteiger partial charge < -0.3 is 10.2 Å². The summed E-state index contributed by atoms with van der Waals surface area (Å²) in [6.07, 6.45) is 0. The van der Waals surface area contributed by atoms with Crippen molar-refractivity contribution >= 4 is 40.6 Å². The topological polar surface area (TPSA) is 62.3 Å². The smallest absolute Gasteiger partial charge is 0.253 e. The Labute approximate surface area is 150 Å². The first kappa shape index (κ1) is 18.5. The van der Waals surface area contributed by atoms with E-state index in [1.807, 2.05) is 26.2 Å². The van der Waals surface area contributed by atoms with Crippen LogP contribution in [-0.4, -0.2) is 40.5 Å². The lowest BCUT2D eigenvalue weighted by molar-refractivity contribution is -0.113. The zero-order chi connectivity index (χ0) is 17.5. The van der Waals surface area contributed by atoms with Gasteiger partial charge in [0.05, 0.1) is 5.75 Å². The lowest BCUT2D eigenvalue weighted by Crippen LogP contribution is -2.30. The number of aryl methyl sites for hydroxylation is 1. The molecule has 1 heterocycles. The summed E-state index contributed by atoms with van der Waals surface area (Å²) in [4.78, 5) is 30.5. The number of thioether (sulfide) groups is 1. The number of thiazole rings is 1. The molecular weight excluding hydrogens is 342 g/mol. The van der Waals surface area contributed by atoms with Crippen LogP contribution < -0.4 is 5.32 Å². The predicted octanol–water partition coefficient (Wildman–Crippen LogP) is 3.66. The number of amides is 2. The molecule has 0 aliphatic heterocycles. The second-order valence-electron chi connectivity index (χ2n) is 5.15. The van der Waals surface area contributed by atoms with Crippen molar-refractivity contribution in [2.45, 2.75) is 25.1 Å². The Morgan fingerprint density at radius 3 is 2.67 bits per heavy atom. The Kier molecular flexibility index (Phi) is 6.81. The SMILES string of the molecule is CCN(CC)C(=O)c1cccc(NC(=O)CSc2nc(C)cs2)c1. The van der Waals surface area contributed by atoms with Crippen LogP contribution in [0.25, 0.3) is 0 Å². The van der Waals surface area contributed by atoms with Gasteiger partial charge in [0.25, 0.3) is 5.91 Å². The van der Waals surface area contributed by atoms with E-state index in [9.17, 15) is 9.59 Å². The molecule has 0 spiro atoms. The number of hydrogen-bond acceptors (Lipinski definition) is 5. The van der Waals surface area contributed by atoms with E-state index in [4.69, 9.17) is 0 Å². The average molecular weight is 364 g/mol. The summed E-state index contributed by atoms with van der Waals surface area (Å²) in [5, 5.41) is 4.80. The molecule has 2 aromatic rings. The summed E-state index contributed by atoms with van der Waals surface area (Å²) in [5.74, 6) is 0.158. The number of carbonyl (C=O) groups excluding carboxylic acids is 2. The number of carbonyl (C=O) groups is 2. The van der Waals surface area contributed by atoms with Crippen molar-refractivity contribution in [3.63, 3.8) is 0 Å². The molecule has 0 saturated carbocycles. The monoisotopic (exact) mass is 363 g/mol. The minimum Gasteiger partial charge on any atom is -0.339 e. The first-order valence-corrected chi connectivity index (χ1v) is 9.64. The number of aromatic nitrogens is 1. The molecule has 1 N–H and O–H groups in total. The van der Waals surface area contributed by atoms with Crippen LogP contribution >= 0.6 is 23.1 Å². The maximum atomic E-state index is 12.4. The Morgan fingerprint density at radius 2 is 2.04 bits per heavy atom. The number of benzene rings is 1. The second kappa shape index (κ2) is 8.84. The minimum atomic E-state index is -0.111. The van der Waals surface area contributed by atoms with E-state index in [-0.39, 0.29) is 11.8 Å². The Bertz CT molecular complexity index is 711. The van der Waals surface area contributed by atoms with Crippen molar-refractivity contribution in [3.05, 3.63) is 40.9 Å². The van der Waals surface area contributed by atoms with Gasteiger partial charge in [-0.1, -0.05) is 17.8 Å². The summed E-state index contributed by atoms with van der Waals surface area (Å²) in [5.41, 5.74) is 2.18. The predicted molar refractivity (Wildman–Crippen MR) is 99.9 cm³/mol. The van der Waals surface area contributed by atoms with Crippen molar-refractivity contribution < 1.29 is 9.59 Å². The van der Waals surface area contributed by atoms with E-state index in [1.165, 1.54) is 23.1 Å². The summed E-state index contributed by atoms with van der Waals surface area (Å²) >= 11 is 2.95. The van der Waals surface area contributed by atoms with Crippen molar-refractivity contribution in [2.24, 2.45) is 0 Å². The highest BCUT2D eigenvalue weighted by Crippen LogP contribution is 2.22. The zero-order valence-electron chi connectivity index (χ0n) is 14.0. The molecule has 2 amide bonds. The Hall–Kier alpha value is -1.86. The van der Waals surface area contributed by atoms with E-state index >= 15 is 0 Å². The quantitative estimate of drug-likeness (QED) is 0.763. The molecule has 0 aliphatic carbocycles. The first-order valence-electron chi connectivity index (χ1n) is 7.77. The van der Waals surface area contributed by atoms with E-state index in [0.29, 0.717) is 30.1 Å². The van der Waals surface area contributed by atoms with Crippen LogP contribution in [0.5, 0.6) is 0 Å². The van der Waals surface area contributed by atoms with Gasteiger partial charge in [-0.3, -0.25) is 9.59 Å².